The van der Waals surface area contributed by atoms with E-state index in [-0.39, 0.29) is 17.2 Å². The van der Waals surface area contributed by atoms with Crippen LogP contribution in [0.25, 0.3) is 0 Å². The van der Waals surface area contributed by atoms with Crippen LogP contribution in [0.4, 0.5) is 18.0 Å². The van der Waals surface area contributed by atoms with Crippen LogP contribution in [-0.4, -0.2) is 12.7 Å². The Hall–Kier alpha value is -1.43. The van der Waals surface area contributed by atoms with Crippen molar-refractivity contribution in [1.82, 2.24) is 5.32 Å². The third-order valence-corrected chi connectivity index (χ3v) is 2.60. The van der Waals surface area contributed by atoms with E-state index in [9.17, 15) is 18.0 Å². The van der Waals surface area contributed by atoms with Gasteiger partial charge in [0.05, 0.1) is 11.6 Å². The van der Waals surface area contributed by atoms with Crippen LogP contribution in [0.3, 0.4) is 0 Å². The summed E-state index contributed by atoms with van der Waals surface area (Å²) in [5, 5.41) is 2.29. The monoisotopic (exact) mass is 265 g/mol. The van der Waals surface area contributed by atoms with Gasteiger partial charge in [-0.1, -0.05) is 17.7 Å². The van der Waals surface area contributed by atoms with E-state index in [0.29, 0.717) is 0 Å². The first-order valence-electron chi connectivity index (χ1n) is 4.68. The SMILES string of the molecule is O=C1NC(c2ccc(Cl)cc2C(F)(F)F)CO1. The van der Waals surface area contributed by atoms with E-state index in [1.807, 2.05) is 0 Å². The highest BCUT2D eigenvalue weighted by atomic mass is 35.5. The van der Waals surface area contributed by atoms with Crippen molar-refractivity contribution in [2.75, 3.05) is 6.61 Å². The molecule has 0 aliphatic carbocycles. The Morgan fingerprint density at radius 2 is 2.12 bits per heavy atom. The van der Waals surface area contributed by atoms with Crippen LogP contribution in [0, 0.1) is 0 Å². The van der Waals surface area contributed by atoms with Crippen molar-refractivity contribution in [1.29, 1.82) is 0 Å². The van der Waals surface area contributed by atoms with Gasteiger partial charge >= 0.3 is 12.3 Å². The number of amides is 1. The lowest BCUT2D eigenvalue weighted by molar-refractivity contribution is -0.138. The molecule has 92 valence electrons. The molecule has 1 amide bonds. The number of alkyl carbamates (subject to hydrolysis) is 1. The summed E-state index contributed by atoms with van der Waals surface area (Å²) in [6.45, 7) is -0.121. The van der Waals surface area contributed by atoms with Gasteiger partial charge in [-0.05, 0) is 17.7 Å². The number of cyclic esters (lactones) is 1. The van der Waals surface area contributed by atoms with Crippen LogP contribution >= 0.6 is 11.6 Å². The quantitative estimate of drug-likeness (QED) is 0.847. The van der Waals surface area contributed by atoms with E-state index in [1.54, 1.807) is 0 Å². The number of halogens is 4. The molecule has 0 saturated carbocycles. The van der Waals surface area contributed by atoms with Crippen molar-refractivity contribution >= 4 is 17.7 Å². The zero-order valence-corrected chi connectivity index (χ0v) is 9.10. The minimum absolute atomic E-state index is 0.00804. The standard InChI is InChI=1S/C10H7ClF3NO2/c11-5-1-2-6(7(3-5)10(12,13)14)8-4-17-9(16)15-8/h1-3,8H,4H2,(H,15,16). The highest BCUT2D eigenvalue weighted by Gasteiger charge is 2.37. The van der Waals surface area contributed by atoms with Crippen molar-refractivity contribution in [3.63, 3.8) is 0 Å². The summed E-state index contributed by atoms with van der Waals surface area (Å²) < 4.78 is 42.9. The Morgan fingerprint density at radius 3 is 2.65 bits per heavy atom. The van der Waals surface area contributed by atoms with E-state index in [0.717, 1.165) is 6.07 Å². The van der Waals surface area contributed by atoms with Crippen molar-refractivity contribution < 1.29 is 22.7 Å². The number of hydrogen-bond donors (Lipinski definition) is 1. The van der Waals surface area contributed by atoms with Crippen LogP contribution in [0.1, 0.15) is 17.2 Å². The van der Waals surface area contributed by atoms with Crippen LogP contribution in [0.2, 0.25) is 5.02 Å². The van der Waals surface area contributed by atoms with Crippen LogP contribution in [-0.2, 0) is 10.9 Å². The molecule has 7 heteroatoms. The van der Waals surface area contributed by atoms with Crippen LogP contribution in [0.5, 0.6) is 0 Å². The molecule has 1 aromatic carbocycles. The number of rotatable bonds is 1. The first-order valence-corrected chi connectivity index (χ1v) is 5.05. The summed E-state index contributed by atoms with van der Waals surface area (Å²) in [7, 11) is 0. The zero-order valence-electron chi connectivity index (χ0n) is 8.34. The van der Waals surface area contributed by atoms with E-state index in [1.165, 1.54) is 12.1 Å². The lowest BCUT2D eigenvalue weighted by Gasteiger charge is -2.16. The lowest BCUT2D eigenvalue weighted by Crippen LogP contribution is -2.22. The molecule has 1 aliphatic rings. The summed E-state index contributed by atoms with van der Waals surface area (Å²) in [6.07, 6.45) is -5.24. The number of alkyl halides is 3. The first-order chi connectivity index (χ1) is 7.88. The number of ether oxygens (including phenoxy) is 1. The van der Waals surface area contributed by atoms with E-state index < -0.39 is 23.9 Å². The second kappa shape index (κ2) is 4.10. The maximum atomic E-state index is 12.8. The fraction of sp³-hybridized carbons (Fsp3) is 0.300. The summed E-state index contributed by atoms with van der Waals surface area (Å²) in [5.41, 5.74) is -0.909. The summed E-state index contributed by atoms with van der Waals surface area (Å²) in [5.74, 6) is 0. The molecule has 0 bridgehead atoms. The van der Waals surface area contributed by atoms with Gasteiger partial charge in [-0.3, -0.25) is 0 Å². The third-order valence-electron chi connectivity index (χ3n) is 2.37. The molecule has 2 rings (SSSR count). The van der Waals surface area contributed by atoms with Gasteiger partial charge in [-0.25, -0.2) is 4.79 Å². The molecule has 3 nitrogen and oxygen atoms in total. The Balaban J connectivity index is 2.43. The summed E-state index contributed by atoms with van der Waals surface area (Å²) in [6, 6.07) is 2.62. The second-order valence-electron chi connectivity index (χ2n) is 3.52. The Morgan fingerprint density at radius 1 is 1.41 bits per heavy atom. The van der Waals surface area contributed by atoms with E-state index in [2.05, 4.69) is 10.1 Å². The molecular weight excluding hydrogens is 259 g/mol. The van der Waals surface area contributed by atoms with Crippen molar-refractivity contribution in [2.45, 2.75) is 12.2 Å². The lowest BCUT2D eigenvalue weighted by atomic mass is 10.0. The molecule has 1 heterocycles. The van der Waals surface area contributed by atoms with Crippen LogP contribution < -0.4 is 5.32 Å². The molecule has 1 atom stereocenters. The van der Waals surface area contributed by atoms with Gasteiger partial charge in [0.25, 0.3) is 0 Å². The maximum Gasteiger partial charge on any atom is 0.416 e. The fourth-order valence-electron chi connectivity index (χ4n) is 1.63. The molecule has 0 spiro atoms. The van der Waals surface area contributed by atoms with Gasteiger partial charge in [0.2, 0.25) is 0 Å². The van der Waals surface area contributed by atoms with Gasteiger partial charge in [0.15, 0.2) is 0 Å². The molecule has 1 unspecified atom stereocenters. The molecule has 0 aromatic heterocycles. The molecule has 1 saturated heterocycles. The Bertz CT molecular complexity index is 461. The van der Waals surface area contributed by atoms with Gasteiger partial charge in [0.1, 0.15) is 6.61 Å². The molecule has 1 aromatic rings. The zero-order chi connectivity index (χ0) is 12.6. The van der Waals surface area contributed by atoms with E-state index >= 15 is 0 Å². The first kappa shape index (κ1) is 12.0. The van der Waals surface area contributed by atoms with Gasteiger partial charge in [-0.2, -0.15) is 13.2 Å². The number of hydrogen-bond acceptors (Lipinski definition) is 2. The third kappa shape index (κ3) is 2.46. The number of nitrogens with one attached hydrogen (secondary N) is 1. The van der Waals surface area contributed by atoms with Crippen molar-refractivity contribution in [2.24, 2.45) is 0 Å². The topological polar surface area (TPSA) is 38.3 Å². The van der Waals surface area contributed by atoms with Crippen molar-refractivity contribution in [3.05, 3.63) is 34.3 Å². The smallest absolute Gasteiger partial charge is 0.416 e. The maximum absolute atomic E-state index is 12.8. The average Bonchev–Trinajstić information content (AvgIpc) is 2.63. The molecule has 17 heavy (non-hydrogen) atoms. The Kier molecular flexibility index (Phi) is 2.91. The highest BCUT2D eigenvalue weighted by molar-refractivity contribution is 6.30. The van der Waals surface area contributed by atoms with Gasteiger partial charge < -0.3 is 10.1 Å². The molecule has 1 aliphatic heterocycles. The van der Waals surface area contributed by atoms with Crippen LogP contribution in [0.15, 0.2) is 18.2 Å². The van der Waals surface area contributed by atoms with Gasteiger partial charge in [0, 0.05) is 5.02 Å². The largest absolute Gasteiger partial charge is 0.447 e. The summed E-state index contributed by atoms with van der Waals surface area (Å²) in [4.78, 5) is 10.8. The van der Waals surface area contributed by atoms with E-state index in [4.69, 9.17) is 11.6 Å². The molecular formula is C10H7ClF3NO2. The predicted molar refractivity (Wildman–Crippen MR) is 53.7 cm³/mol. The minimum atomic E-state index is -4.52. The Labute approximate surface area is 99.5 Å². The van der Waals surface area contributed by atoms with Crippen molar-refractivity contribution in [3.8, 4) is 0 Å². The highest BCUT2D eigenvalue weighted by Crippen LogP contribution is 2.37. The average molecular weight is 266 g/mol. The number of carbonyl (C=O) groups excluding carboxylic acids is 1. The number of benzene rings is 1. The molecule has 0 radical (unpaired) electrons. The normalized spacial score (nSPS) is 20.0. The predicted octanol–water partition coefficient (Wildman–Crippen LogP) is 3.14. The molecule has 1 fully saturated rings. The fourth-order valence-corrected chi connectivity index (χ4v) is 1.80. The second-order valence-corrected chi connectivity index (χ2v) is 3.96. The molecule has 1 N–H and O–H groups in total. The van der Waals surface area contributed by atoms with Gasteiger partial charge in [-0.15, -0.1) is 0 Å². The number of carbonyl (C=O) groups is 1. The summed E-state index contributed by atoms with van der Waals surface area (Å²) >= 11 is 5.54. The minimum Gasteiger partial charge on any atom is -0.447 e.